The van der Waals surface area contributed by atoms with Crippen LogP contribution in [0.1, 0.15) is 21.5 Å². The van der Waals surface area contributed by atoms with Crippen LogP contribution < -0.4 is 10.6 Å². The average molecular weight is 553 g/mol. The number of fused-ring (bicyclic) bond motifs is 2. The van der Waals surface area contributed by atoms with Crippen LogP contribution >= 0.6 is 23.2 Å². The Bertz CT molecular complexity index is 1390. The number of pyridine rings is 1. The number of hydrogen-bond acceptors (Lipinski definition) is 5. The van der Waals surface area contributed by atoms with E-state index in [-0.39, 0.29) is 5.91 Å². The molecular weight excluding hydrogens is 517 g/mol. The van der Waals surface area contributed by atoms with Crippen molar-refractivity contribution in [3.8, 4) is 0 Å². The number of aromatic nitrogens is 1. The molecule has 200 valence electrons. The topological polar surface area (TPSA) is 60.5 Å². The van der Waals surface area contributed by atoms with E-state index in [1.807, 2.05) is 56.3 Å². The van der Waals surface area contributed by atoms with E-state index >= 15 is 0 Å². The normalized spacial score (nSPS) is 11.6. The third kappa shape index (κ3) is 6.75. The molecule has 0 saturated heterocycles. The third-order valence-electron chi connectivity index (χ3n) is 6.56. The number of alkyl halides is 2. The Morgan fingerprint density at radius 1 is 0.868 bits per heavy atom. The molecule has 0 aliphatic carbocycles. The number of hydrogen-bond donors (Lipinski definition) is 2. The molecule has 38 heavy (non-hydrogen) atoms. The van der Waals surface area contributed by atoms with Crippen LogP contribution in [-0.4, -0.2) is 72.7 Å². The van der Waals surface area contributed by atoms with E-state index in [0.29, 0.717) is 29.4 Å². The summed E-state index contributed by atoms with van der Waals surface area (Å²) in [5.41, 5.74) is 6.30. The Morgan fingerprint density at radius 2 is 1.53 bits per heavy atom. The highest BCUT2D eigenvalue weighted by atomic mass is 35.5. The van der Waals surface area contributed by atoms with Crippen molar-refractivity contribution in [2.24, 2.45) is 0 Å². The SMILES string of the molecule is Cc1cccc2c(Nc3ccc(CN(CCCl)CCCl)cc3)c3cccc(C(=O)NCCN(C)C)c3nc12. The minimum absolute atomic E-state index is 0.119. The summed E-state index contributed by atoms with van der Waals surface area (Å²) in [4.78, 5) is 22.4. The fourth-order valence-electron chi connectivity index (χ4n) is 4.54. The second-order valence-corrected chi connectivity index (χ2v) is 10.5. The molecule has 1 amide bonds. The zero-order valence-corrected chi connectivity index (χ0v) is 23.7. The highest BCUT2D eigenvalue weighted by molar-refractivity contribution is 6.18. The summed E-state index contributed by atoms with van der Waals surface area (Å²) in [7, 11) is 3.97. The van der Waals surface area contributed by atoms with Crippen LogP contribution in [0.4, 0.5) is 11.4 Å². The van der Waals surface area contributed by atoms with Gasteiger partial charge in [-0.2, -0.15) is 0 Å². The molecule has 3 aromatic carbocycles. The van der Waals surface area contributed by atoms with Crippen molar-refractivity contribution >= 4 is 62.3 Å². The largest absolute Gasteiger partial charge is 0.354 e. The van der Waals surface area contributed by atoms with E-state index in [0.717, 1.165) is 59.4 Å². The van der Waals surface area contributed by atoms with Crippen LogP contribution in [0.15, 0.2) is 60.7 Å². The minimum atomic E-state index is -0.119. The standard InChI is InChI=1S/C30H35Cl2N5O/c1-21-6-4-7-24-27(21)35-29-25(8-5-9-26(29)30(38)33-16-19-36(2)3)28(24)34-23-12-10-22(11-13-23)20-37(17-14-31)18-15-32/h4-13H,14-20H2,1-3H3,(H,33,38)(H,34,35). The zero-order chi connectivity index (χ0) is 27.1. The van der Waals surface area contributed by atoms with Crippen molar-refractivity contribution in [2.75, 3.05) is 57.4 Å². The maximum absolute atomic E-state index is 13.1. The van der Waals surface area contributed by atoms with E-state index in [1.54, 1.807) is 0 Å². The molecule has 8 heteroatoms. The number of halogens is 2. The van der Waals surface area contributed by atoms with Crippen molar-refractivity contribution in [1.29, 1.82) is 0 Å². The first kappa shape index (κ1) is 28.1. The van der Waals surface area contributed by atoms with Gasteiger partial charge in [0.25, 0.3) is 5.91 Å². The van der Waals surface area contributed by atoms with Crippen LogP contribution in [0.3, 0.4) is 0 Å². The van der Waals surface area contributed by atoms with E-state index in [4.69, 9.17) is 28.2 Å². The molecule has 1 aromatic heterocycles. The Hall–Kier alpha value is -2.90. The summed E-state index contributed by atoms with van der Waals surface area (Å²) in [5.74, 6) is 1.04. The maximum Gasteiger partial charge on any atom is 0.253 e. The van der Waals surface area contributed by atoms with Gasteiger partial charge in [-0.1, -0.05) is 42.5 Å². The smallest absolute Gasteiger partial charge is 0.253 e. The molecule has 0 aliphatic heterocycles. The Morgan fingerprint density at radius 3 is 2.18 bits per heavy atom. The first-order chi connectivity index (χ1) is 18.4. The van der Waals surface area contributed by atoms with Crippen molar-refractivity contribution in [3.63, 3.8) is 0 Å². The van der Waals surface area contributed by atoms with Gasteiger partial charge in [-0.05, 0) is 50.3 Å². The molecule has 0 atom stereocenters. The number of amides is 1. The molecule has 0 unspecified atom stereocenters. The van der Waals surface area contributed by atoms with Crippen LogP contribution in [0.5, 0.6) is 0 Å². The van der Waals surface area contributed by atoms with Gasteiger partial charge in [0.1, 0.15) is 0 Å². The van der Waals surface area contributed by atoms with E-state index in [2.05, 4.69) is 45.9 Å². The lowest BCUT2D eigenvalue weighted by molar-refractivity contribution is 0.0952. The number of carbonyl (C=O) groups excluding carboxylic acids is 1. The monoisotopic (exact) mass is 551 g/mol. The first-order valence-electron chi connectivity index (χ1n) is 12.9. The molecule has 0 aliphatic rings. The highest BCUT2D eigenvalue weighted by Gasteiger charge is 2.17. The molecule has 0 fully saturated rings. The van der Waals surface area contributed by atoms with Crippen LogP contribution in [-0.2, 0) is 6.54 Å². The molecule has 0 bridgehead atoms. The Balaban J connectivity index is 1.70. The van der Waals surface area contributed by atoms with E-state index in [1.165, 1.54) is 5.56 Å². The zero-order valence-electron chi connectivity index (χ0n) is 22.2. The summed E-state index contributed by atoms with van der Waals surface area (Å²) in [6, 6.07) is 20.4. The van der Waals surface area contributed by atoms with Gasteiger partial charge in [-0.3, -0.25) is 9.69 Å². The van der Waals surface area contributed by atoms with Crippen LogP contribution in [0, 0.1) is 6.92 Å². The van der Waals surface area contributed by atoms with E-state index < -0.39 is 0 Å². The summed E-state index contributed by atoms with van der Waals surface area (Å²) < 4.78 is 0. The number of rotatable bonds is 12. The number of nitrogens with one attached hydrogen (secondary N) is 2. The fourth-order valence-corrected chi connectivity index (χ4v) is 5.02. The lowest BCUT2D eigenvalue weighted by Gasteiger charge is -2.20. The van der Waals surface area contributed by atoms with Gasteiger partial charge in [-0.15, -0.1) is 23.2 Å². The number of nitrogens with zero attached hydrogens (tertiary/aromatic N) is 3. The van der Waals surface area contributed by atoms with Crippen molar-refractivity contribution in [1.82, 2.24) is 20.1 Å². The van der Waals surface area contributed by atoms with Crippen LogP contribution in [0.25, 0.3) is 21.8 Å². The number of para-hydroxylation sites is 2. The molecule has 4 aromatic rings. The lowest BCUT2D eigenvalue weighted by Crippen LogP contribution is -2.31. The molecule has 4 rings (SSSR count). The van der Waals surface area contributed by atoms with Crippen molar-refractivity contribution in [3.05, 3.63) is 77.4 Å². The van der Waals surface area contributed by atoms with Gasteiger partial charge < -0.3 is 15.5 Å². The molecule has 2 N–H and O–H groups in total. The molecule has 1 heterocycles. The summed E-state index contributed by atoms with van der Waals surface area (Å²) in [5, 5.41) is 8.59. The molecular formula is C30H35Cl2N5O. The molecule has 0 spiro atoms. The molecule has 6 nitrogen and oxygen atoms in total. The average Bonchev–Trinajstić information content (AvgIpc) is 2.90. The number of aryl methyl sites for hydroxylation is 1. The van der Waals surface area contributed by atoms with Gasteiger partial charge in [0.05, 0.1) is 22.3 Å². The van der Waals surface area contributed by atoms with Gasteiger partial charge in [0.2, 0.25) is 0 Å². The molecule has 0 radical (unpaired) electrons. The number of carbonyl (C=O) groups is 1. The summed E-state index contributed by atoms with van der Waals surface area (Å²) in [6.45, 7) is 5.78. The van der Waals surface area contributed by atoms with Crippen molar-refractivity contribution in [2.45, 2.75) is 13.5 Å². The van der Waals surface area contributed by atoms with Gasteiger partial charge in [-0.25, -0.2) is 4.98 Å². The number of benzene rings is 3. The minimum Gasteiger partial charge on any atom is -0.354 e. The van der Waals surface area contributed by atoms with Crippen LogP contribution in [0.2, 0.25) is 0 Å². The lowest BCUT2D eigenvalue weighted by atomic mass is 10.0. The number of anilines is 2. The first-order valence-corrected chi connectivity index (χ1v) is 13.9. The van der Waals surface area contributed by atoms with Crippen molar-refractivity contribution < 1.29 is 4.79 Å². The summed E-state index contributed by atoms with van der Waals surface area (Å²) >= 11 is 11.9. The third-order valence-corrected chi connectivity index (χ3v) is 6.89. The summed E-state index contributed by atoms with van der Waals surface area (Å²) in [6.07, 6.45) is 0. The van der Waals surface area contributed by atoms with E-state index in [9.17, 15) is 4.79 Å². The highest BCUT2D eigenvalue weighted by Crippen LogP contribution is 2.35. The second kappa shape index (κ2) is 13.3. The second-order valence-electron chi connectivity index (χ2n) is 9.69. The maximum atomic E-state index is 13.1. The quantitative estimate of drug-likeness (QED) is 0.167. The van der Waals surface area contributed by atoms with Gasteiger partial charge >= 0.3 is 0 Å². The molecule has 0 saturated carbocycles. The number of likely N-dealkylation sites (N-methyl/N-ethyl adjacent to an activating group) is 1. The predicted molar refractivity (Wildman–Crippen MR) is 161 cm³/mol. The Labute approximate surface area is 234 Å². The predicted octanol–water partition coefficient (Wildman–Crippen LogP) is 6.01. The Kier molecular flexibility index (Phi) is 9.80. The van der Waals surface area contributed by atoms with Gasteiger partial charge in [0, 0.05) is 60.9 Å². The van der Waals surface area contributed by atoms with Gasteiger partial charge in [0.15, 0.2) is 0 Å². The fraction of sp³-hybridized carbons (Fsp3) is 0.333.